The number of hydrogen-bond donors (Lipinski definition) is 2. The van der Waals surface area contributed by atoms with Crippen molar-refractivity contribution in [1.82, 2.24) is 9.97 Å². The van der Waals surface area contributed by atoms with E-state index in [1.165, 1.54) is 32.4 Å². The Bertz CT molecular complexity index is 656. The van der Waals surface area contributed by atoms with Crippen molar-refractivity contribution in [3.63, 3.8) is 0 Å². The Morgan fingerprint density at radius 2 is 1.81 bits per heavy atom. The van der Waals surface area contributed by atoms with Crippen molar-refractivity contribution in [2.45, 2.75) is 0 Å². The van der Waals surface area contributed by atoms with Gasteiger partial charge in [0.1, 0.15) is 5.82 Å². The van der Waals surface area contributed by atoms with Crippen LogP contribution in [0.1, 0.15) is 10.4 Å². The van der Waals surface area contributed by atoms with Crippen LogP contribution in [0.2, 0.25) is 0 Å². The molecule has 8 heteroatoms. The van der Waals surface area contributed by atoms with Crippen LogP contribution in [0, 0.1) is 5.82 Å². The summed E-state index contributed by atoms with van der Waals surface area (Å²) < 4.78 is 23.0. The van der Waals surface area contributed by atoms with Crippen molar-refractivity contribution in [1.29, 1.82) is 0 Å². The quantitative estimate of drug-likeness (QED) is 0.828. The highest BCUT2D eigenvalue weighted by Gasteiger charge is 2.12. The number of ether oxygens (including phenoxy) is 2. The molecule has 0 atom stereocenters. The van der Waals surface area contributed by atoms with Crippen LogP contribution in [0.5, 0.6) is 11.8 Å². The minimum atomic E-state index is -0.592. The molecule has 1 aromatic heterocycles. The lowest BCUT2D eigenvalue weighted by Gasteiger charge is -2.08. The van der Waals surface area contributed by atoms with Gasteiger partial charge in [-0.25, -0.2) is 4.39 Å². The maximum atomic E-state index is 13.1. The molecule has 1 heterocycles. The van der Waals surface area contributed by atoms with Crippen LogP contribution in [0.3, 0.4) is 0 Å². The number of carbonyl (C=O) groups is 1. The molecule has 2 aromatic rings. The van der Waals surface area contributed by atoms with Crippen LogP contribution >= 0.6 is 0 Å². The van der Waals surface area contributed by atoms with E-state index >= 15 is 0 Å². The molecule has 0 aliphatic heterocycles. The number of anilines is 2. The third kappa shape index (κ3) is 3.35. The number of nitrogens with one attached hydrogen (secondary N) is 1. The molecular formula is C13H13FN4O3. The third-order valence-electron chi connectivity index (χ3n) is 2.58. The number of hydrogen-bond acceptors (Lipinski definition) is 6. The summed E-state index contributed by atoms with van der Waals surface area (Å²) in [6, 6.07) is 5.10. The van der Waals surface area contributed by atoms with Crippen LogP contribution in [-0.2, 0) is 0 Å². The Morgan fingerprint density at radius 1 is 1.19 bits per heavy atom. The second-order valence-corrected chi connectivity index (χ2v) is 3.97. The van der Waals surface area contributed by atoms with E-state index in [1.54, 1.807) is 0 Å². The molecule has 1 aromatic carbocycles. The maximum Gasteiger partial charge on any atom is 0.258 e. The highest BCUT2D eigenvalue weighted by Crippen LogP contribution is 2.18. The van der Waals surface area contributed by atoms with Gasteiger partial charge in [-0.15, -0.1) is 0 Å². The van der Waals surface area contributed by atoms with E-state index in [4.69, 9.17) is 15.2 Å². The zero-order chi connectivity index (χ0) is 15.4. The smallest absolute Gasteiger partial charge is 0.258 e. The summed E-state index contributed by atoms with van der Waals surface area (Å²) >= 11 is 0. The number of nitrogens with two attached hydrogens (primary N) is 1. The molecular weight excluding hydrogens is 279 g/mol. The van der Waals surface area contributed by atoms with E-state index in [9.17, 15) is 9.18 Å². The first-order valence-corrected chi connectivity index (χ1v) is 5.87. The minimum Gasteiger partial charge on any atom is -0.481 e. The molecule has 0 bridgehead atoms. The third-order valence-corrected chi connectivity index (χ3v) is 2.58. The summed E-state index contributed by atoms with van der Waals surface area (Å²) in [5, 5.41) is 2.46. The SMILES string of the molecule is COc1cc(OC)nc(NC(=O)c2ccc(F)c(N)c2)n1. The van der Waals surface area contributed by atoms with Gasteiger partial charge in [0.05, 0.1) is 26.0 Å². The van der Waals surface area contributed by atoms with Gasteiger partial charge < -0.3 is 15.2 Å². The average Bonchev–Trinajstić information content (AvgIpc) is 2.49. The summed E-state index contributed by atoms with van der Waals surface area (Å²) in [6.45, 7) is 0. The maximum absolute atomic E-state index is 13.1. The summed E-state index contributed by atoms with van der Waals surface area (Å²) in [6.07, 6.45) is 0. The number of methoxy groups -OCH3 is 2. The molecule has 0 fully saturated rings. The van der Waals surface area contributed by atoms with Crippen molar-refractivity contribution in [3.05, 3.63) is 35.6 Å². The van der Waals surface area contributed by atoms with E-state index in [1.807, 2.05) is 0 Å². The first-order chi connectivity index (χ1) is 10.0. The van der Waals surface area contributed by atoms with E-state index in [-0.39, 0.29) is 29.0 Å². The number of aromatic nitrogens is 2. The number of nitrogens with zero attached hydrogens (tertiary/aromatic N) is 2. The first-order valence-electron chi connectivity index (χ1n) is 5.87. The number of amides is 1. The Hall–Kier alpha value is -2.90. The number of carbonyl (C=O) groups excluding carboxylic acids is 1. The highest BCUT2D eigenvalue weighted by molar-refractivity contribution is 6.03. The zero-order valence-electron chi connectivity index (χ0n) is 11.4. The Kier molecular flexibility index (Phi) is 4.17. The van der Waals surface area contributed by atoms with Crippen LogP contribution < -0.4 is 20.5 Å². The molecule has 0 spiro atoms. The first kappa shape index (κ1) is 14.5. The zero-order valence-corrected chi connectivity index (χ0v) is 11.4. The molecule has 1 amide bonds. The van der Waals surface area contributed by atoms with Crippen LogP contribution in [0.15, 0.2) is 24.3 Å². The van der Waals surface area contributed by atoms with Crippen molar-refractivity contribution < 1.29 is 18.7 Å². The van der Waals surface area contributed by atoms with E-state index < -0.39 is 11.7 Å². The Balaban J connectivity index is 2.24. The Labute approximate surface area is 119 Å². The summed E-state index contributed by atoms with van der Waals surface area (Å²) in [4.78, 5) is 19.9. The molecule has 3 N–H and O–H groups in total. The lowest BCUT2D eigenvalue weighted by molar-refractivity contribution is 0.102. The average molecular weight is 292 g/mol. The largest absolute Gasteiger partial charge is 0.481 e. The van der Waals surface area contributed by atoms with Crippen molar-refractivity contribution in [3.8, 4) is 11.8 Å². The van der Waals surface area contributed by atoms with Gasteiger partial charge >= 0.3 is 0 Å². The molecule has 110 valence electrons. The molecule has 7 nitrogen and oxygen atoms in total. The van der Waals surface area contributed by atoms with Crippen LogP contribution in [0.25, 0.3) is 0 Å². The van der Waals surface area contributed by atoms with E-state index in [0.717, 1.165) is 6.07 Å². The second-order valence-electron chi connectivity index (χ2n) is 3.97. The normalized spacial score (nSPS) is 10.0. The van der Waals surface area contributed by atoms with Gasteiger partial charge in [-0.05, 0) is 18.2 Å². The number of benzene rings is 1. The minimum absolute atomic E-state index is 0.000837. The van der Waals surface area contributed by atoms with Gasteiger partial charge in [0.15, 0.2) is 0 Å². The van der Waals surface area contributed by atoms with Gasteiger partial charge in [-0.1, -0.05) is 0 Å². The molecule has 21 heavy (non-hydrogen) atoms. The fraction of sp³-hybridized carbons (Fsp3) is 0.154. The lowest BCUT2D eigenvalue weighted by Crippen LogP contribution is -2.15. The topological polar surface area (TPSA) is 99.4 Å². The summed E-state index contributed by atoms with van der Waals surface area (Å²) in [5.74, 6) is -0.659. The monoisotopic (exact) mass is 292 g/mol. The van der Waals surface area contributed by atoms with Gasteiger partial charge in [0.2, 0.25) is 17.7 Å². The van der Waals surface area contributed by atoms with E-state index in [2.05, 4.69) is 15.3 Å². The molecule has 2 rings (SSSR count). The van der Waals surface area contributed by atoms with E-state index in [0.29, 0.717) is 0 Å². The molecule has 0 radical (unpaired) electrons. The highest BCUT2D eigenvalue weighted by atomic mass is 19.1. The number of nitrogen functional groups attached to an aromatic ring is 1. The van der Waals surface area contributed by atoms with Gasteiger partial charge in [-0.3, -0.25) is 10.1 Å². The van der Waals surface area contributed by atoms with Crippen molar-refractivity contribution >= 4 is 17.5 Å². The summed E-state index contributed by atoms with van der Waals surface area (Å²) in [7, 11) is 2.85. The molecule has 0 saturated carbocycles. The lowest BCUT2D eigenvalue weighted by atomic mass is 10.2. The number of halogens is 1. The van der Waals surface area contributed by atoms with Crippen molar-refractivity contribution in [2.24, 2.45) is 0 Å². The van der Waals surface area contributed by atoms with Crippen LogP contribution in [-0.4, -0.2) is 30.1 Å². The van der Waals surface area contributed by atoms with Gasteiger partial charge in [0.25, 0.3) is 5.91 Å². The Morgan fingerprint density at radius 3 is 2.33 bits per heavy atom. The predicted molar refractivity (Wildman–Crippen MR) is 73.9 cm³/mol. The molecule has 0 aliphatic rings. The standard InChI is InChI=1S/C13H13FN4O3/c1-20-10-6-11(21-2)17-13(16-10)18-12(19)7-3-4-8(14)9(15)5-7/h3-6H,15H2,1-2H3,(H,16,17,18,19). The van der Waals surface area contributed by atoms with Crippen molar-refractivity contribution in [2.75, 3.05) is 25.3 Å². The van der Waals surface area contributed by atoms with Gasteiger partial charge in [0, 0.05) is 5.56 Å². The fourth-order valence-electron chi connectivity index (χ4n) is 1.53. The fourth-order valence-corrected chi connectivity index (χ4v) is 1.53. The number of rotatable bonds is 4. The molecule has 0 aliphatic carbocycles. The molecule has 0 saturated heterocycles. The predicted octanol–water partition coefficient (Wildman–Crippen LogP) is 1.47. The second kappa shape index (κ2) is 6.04. The molecule has 0 unspecified atom stereocenters. The van der Waals surface area contributed by atoms with Gasteiger partial charge in [-0.2, -0.15) is 9.97 Å². The van der Waals surface area contributed by atoms with Crippen LogP contribution in [0.4, 0.5) is 16.0 Å². The summed E-state index contributed by atoms with van der Waals surface area (Å²) in [5.41, 5.74) is 5.48.